The molecule has 1 fully saturated rings. The molecule has 1 aliphatic heterocycles. The van der Waals surface area contributed by atoms with Gasteiger partial charge in [0, 0.05) is 32.7 Å². The lowest BCUT2D eigenvalue weighted by Gasteiger charge is -2.35. The predicted molar refractivity (Wildman–Crippen MR) is 102 cm³/mol. The summed E-state index contributed by atoms with van der Waals surface area (Å²) in [4.78, 5) is 16.0. The second-order valence-corrected chi connectivity index (χ2v) is 6.78. The minimum absolute atomic E-state index is 0.0801. The van der Waals surface area contributed by atoms with Gasteiger partial charge in [0.15, 0.2) is 6.61 Å². The number of piperazine rings is 1. The van der Waals surface area contributed by atoms with Crippen LogP contribution in [0.5, 0.6) is 11.5 Å². The molecule has 0 N–H and O–H groups in total. The van der Waals surface area contributed by atoms with Crippen molar-refractivity contribution in [2.75, 3.05) is 39.9 Å². The average molecular weight is 408 g/mol. The average Bonchev–Trinajstić information content (AvgIpc) is 2.72. The van der Waals surface area contributed by atoms with E-state index in [-0.39, 0.29) is 24.6 Å². The summed E-state index contributed by atoms with van der Waals surface area (Å²) in [7, 11) is 1.57. The normalized spacial score (nSPS) is 15.2. The maximum Gasteiger partial charge on any atom is 0.416 e. The van der Waals surface area contributed by atoms with Crippen LogP contribution in [0.2, 0.25) is 0 Å². The Morgan fingerprint density at radius 1 is 0.966 bits per heavy atom. The van der Waals surface area contributed by atoms with E-state index in [1.165, 1.54) is 12.1 Å². The molecule has 29 heavy (non-hydrogen) atoms. The zero-order valence-electron chi connectivity index (χ0n) is 16.1. The maximum absolute atomic E-state index is 13.1. The van der Waals surface area contributed by atoms with Crippen LogP contribution in [0, 0.1) is 0 Å². The van der Waals surface area contributed by atoms with Crippen LogP contribution in [-0.4, -0.2) is 55.6 Å². The van der Waals surface area contributed by atoms with Crippen LogP contribution in [0.4, 0.5) is 13.2 Å². The van der Waals surface area contributed by atoms with E-state index in [0.717, 1.165) is 6.07 Å². The van der Waals surface area contributed by atoms with Crippen molar-refractivity contribution in [1.82, 2.24) is 9.80 Å². The highest BCUT2D eigenvalue weighted by Gasteiger charge is 2.33. The molecule has 0 aromatic heterocycles. The molecule has 2 aromatic rings. The van der Waals surface area contributed by atoms with E-state index in [0.29, 0.717) is 37.7 Å². The third-order valence-electron chi connectivity index (χ3n) is 4.86. The van der Waals surface area contributed by atoms with Gasteiger partial charge >= 0.3 is 6.18 Å². The van der Waals surface area contributed by atoms with Gasteiger partial charge in [-0.2, -0.15) is 13.2 Å². The van der Waals surface area contributed by atoms with Crippen LogP contribution in [0.1, 0.15) is 11.1 Å². The maximum atomic E-state index is 13.1. The number of hydrogen-bond donors (Lipinski definition) is 0. The molecule has 0 saturated carbocycles. The lowest BCUT2D eigenvalue weighted by Crippen LogP contribution is -2.49. The summed E-state index contributed by atoms with van der Waals surface area (Å²) >= 11 is 0. The highest BCUT2D eigenvalue weighted by Crippen LogP contribution is 2.32. The number of alkyl halides is 3. The fourth-order valence-corrected chi connectivity index (χ4v) is 3.24. The Balaban J connectivity index is 1.48. The molecule has 0 unspecified atom stereocenters. The number of amides is 1. The van der Waals surface area contributed by atoms with Crippen molar-refractivity contribution < 1.29 is 27.4 Å². The van der Waals surface area contributed by atoms with Gasteiger partial charge in [-0.15, -0.1) is 0 Å². The van der Waals surface area contributed by atoms with E-state index in [2.05, 4.69) is 0 Å². The lowest BCUT2D eigenvalue weighted by molar-refractivity contribution is -0.138. The molecular formula is C21H23F3N2O3. The summed E-state index contributed by atoms with van der Waals surface area (Å²) < 4.78 is 50.0. The van der Waals surface area contributed by atoms with Crippen molar-refractivity contribution in [2.24, 2.45) is 0 Å². The second kappa shape index (κ2) is 9.17. The van der Waals surface area contributed by atoms with Crippen molar-refractivity contribution in [1.29, 1.82) is 0 Å². The summed E-state index contributed by atoms with van der Waals surface area (Å²) in [6, 6.07) is 12.6. The zero-order valence-corrected chi connectivity index (χ0v) is 16.1. The van der Waals surface area contributed by atoms with Gasteiger partial charge in [0.25, 0.3) is 5.91 Å². The van der Waals surface area contributed by atoms with Crippen LogP contribution in [0.25, 0.3) is 0 Å². The minimum atomic E-state index is -4.37. The van der Waals surface area contributed by atoms with Gasteiger partial charge in [-0.05, 0) is 35.9 Å². The van der Waals surface area contributed by atoms with Crippen molar-refractivity contribution >= 4 is 5.91 Å². The summed E-state index contributed by atoms with van der Waals surface area (Å²) in [6.45, 7) is 2.07. The number of nitrogens with zero attached hydrogens (tertiary/aromatic N) is 2. The van der Waals surface area contributed by atoms with Crippen molar-refractivity contribution in [3.8, 4) is 11.5 Å². The zero-order chi connectivity index (χ0) is 20.9. The highest BCUT2D eigenvalue weighted by molar-refractivity contribution is 5.77. The number of carbonyl (C=O) groups is 1. The summed E-state index contributed by atoms with van der Waals surface area (Å²) in [5.41, 5.74) is -0.353. The third kappa shape index (κ3) is 5.63. The molecule has 3 rings (SSSR count). The standard InChI is InChI=1S/C21H23F3N2O3/c1-28-17-6-8-18(9-7-17)29-15-20(27)26-12-10-25(11-13-26)14-16-4-2-3-5-19(16)21(22,23)24/h2-9H,10-15H2,1H3. The molecule has 0 aliphatic carbocycles. The number of methoxy groups -OCH3 is 1. The fourth-order valence-electron chi connectivity index (χ4n) is 3.24. The van der Waals surface area contributed by atoms with Gasteiger partial charge in [-0.3, -0.25) is 9.69 Å². The van der Waals surface area contributed by atoms with Gasteiger partial charge in [0.2, 0.25) is 0 Å². The second-order valence-electron chi connectivity index (χ2n) is 6.78. The first-order valence-corrected chi connectivity index (χ1v) is 9.29. The molecule has 156 valence electrons. The van der Waals surface area contributed by atoms with Crippen LogP contribution < -0.4 is 9.47 Å². The molecule has 1 heterocycles. The fraction of sp³-hybridized carbons (Fsp3) is 0.381. The highest BCUT2D eigenvalue weighted by atomic mass is 19.4. The Bertz CT molecular complexity index is 817. The molecule has 1 amide bonds. The molecule has 0 spiro atoms. The first-order chi connectivity index (χ1) is 13.9. The van der Waals surface area contributed by atoms with Gasteiger partial charge in [0.05, 0.1) is 12.7 Å². The van der Waals surface area contributed by atoms with E-state index in [1.807, 2.05) is 4.90 Å². The van der Waals surface area contributed by atoms with Gasteiger partial charge in [-0.25, -0.2) is 0 Å². The van der Waals surface area contributed by atoms with Crippen molar-refractivity contribution in [3.05, 3.63) is 59.7 Å². The van der Waals surface area contributed by atoms with Crippen LogP contribution in [-0.2, 0) is 17.5 Å². The van der Waals surface area contributed by atoms with Gasteiger partial charge in [0.1, 0.15) is 11.5 Å². The van der Waals surface area contributed by atoms with Crippen LogP contribution in [0.3, 0.4) is 0 Å². The van der Waals surface area contributed by atoms with E-state index in [4.69, 9.17) is 9.47 Å². The van der Waals surface area contributed by atoms with Crippen molar-refractivity contribution in [2.45, 2.75) is 12.7 Å². The van der Waals surface area contributed by atoms with E-state index < -0.39 is 11.7 Å². The topological polar surface area (TPSA) is 42.0 Å². The lowest BCUT2D eigenvalue weighted by atomic mass is 10.1. The van der Waals surface area contributed by atoms with E-state index in [9.17, 15) is 18.0 Å². The monoisotopic (exact) mass is 408 g/mol. The van der Waals surface area contributed by atoms with Crippen molar-refractivity contribution in [3.63, 3.8) is 0 Å². The molecular weight excluding hydrogens is 385 g/mol. The Labute approximate surface area is 167 Å². The van der Waals surface area contributed by atoms with Gasteiger partial charge in [-0.1, -0.05) is 18.2 Å². The number of carbonyl (C=O) groups excluding carboxylic acids is 1. The quantitative estimate of drug-likeness (QED) is 0.735. The number of benzene rings is 2. The first-order valence-electron chi connectivity index (χ1n) is 9.29. The Kier molecular flexibility index (Phi) is 6.64. The van der Waals surface area contributed by atoms with Gasteiger partial charge < -0.3 is 14.4 Å². The number of halogens is 3. The largest absolute Gasteiger partial charge is 0.497 e. The Morgan fingerprint density at radius 3 is 2.21 bits per heavy atom. The van der Waals surface area contributed by atoms with E-state index >= 15 is 0 Å². The van der Waals surface area contributed by atoms with Crippen LogP contribution in [0.15, 0.2) is 48.5 Å². The molecule has 2 aromatic carbocycles. The SMILES string of the molecule is COc1ccc(OCC(=O)N2CCN(Cc3ccccc3C(F)(F)F)CC2)cc1. The Morgan fingerprint density at radius 2 is 1.59 bits per heavy atom. The number of ether oxygens (including phenoxy) is 2. The molecule has 0 bridgehead atoms. The molecule has 5 nitrogen and oxygen atoms in total. The summed E-state index contributed by atoms with van der Waals surface area (Å²) in [6.07, 6.45) is -4.37. The smallest absolute Gasteiger partial charge is 0.416 e. The minimum Gasteiger partial charge on any atom is -0.497 e. The predicted octanol–water partition coefficient (Wildman–Crippen LogP) is 3.44. The number of rotatable bonds is 6. The molecule has 8 heteroatoms. The Hall–Kier alpha value is -2.74. The molecule has 0 radical (unpaired) electrons. The first kappa shape index (κ1) is 21.0. The van der Waals surface area contributed by atoms with E-state index in [1.54, 1.807) is 42.3 Å². The number of hydrogen-bond acceptors (Lipinski definition) is 4. The molecule has 1 aliphatic rings. The molecule has 1 saturated heterocycles. The molecule has 0 atom stereocenters. The van der Waals surface area contributed by atoms with Crippen LogP contribution >= 0.6 is 0 Å². The third-order valence-corrected chi connectivity index (χ3v) is 4.86. The summed E-state index contributed by atoms with van der Waals surface area (Å²) in [5.74, 6) is 1.13. The summed E-state index contributed by atoms with van der Waals surface area (Å²) in [5, 5.41) is 0.